The quantitative estimate of drug-likeness (QED) is 0.740. The molecule has 0 saturated carbocycles. The average Bonchev–Trinajstić information content (AvgIpc) is 2.54. The number of rotatable bonds is 6. The summed E-state index contributed by atoms with van der Waals surface area (Å²) in [6.07, 6.45) is 0. The van der Waals surface area contributed by atoms with Crippen molar-refractivity contribution in [1.82, 2.24) is 0 Å². The molecule has 0 aliphatic carbocycles. The van der Waals surface area contributed by atoms with Crippen LogP contribution < -0.4 is 10.6 Å². The highest BCUT2D eigenvalue weighted by Gasteiger charge is 2.09. The largest absolute Gasteiger partial charge is 0.325 e. The summed E-state index contributed by atoms with van der Waals surface area (Å²) >= 11 is 12.2. The van der Waals surface area contributed by atoms with Crippen molar-refractivity contribution < 1.29 is 18.4 Å². The van der Waals surface area contributed by atoms with Gasteiger partial charge < -0.3 is 10.6 Å². The van der Waals surface area contributed by atoms with Gasteiger partial charge in [-0.3, -0.25) is 9.59 Å². The molecule has 0 spiro atoms. The molecule has 132 valence electrons. The molecule has 0 saturated heterocycles. The van der Waals surface area contributed by atoms with Crippen LogP contribution in [-0.4, -0.2) is 23.3 Å². The maximum atomic E-state index is 13.3. The van der Waals surface area contributed by atoms with Gasteiger partial charge in [-0.1, -0.05) is 23.2 Å². The van der Waals surface area contributed by atoms with E-state index in [0.29, 0.717) is 0 Å². The van der Waals surface area contributed by atoms with Crippen LogP contribution in [0.2, 0.25) is 10.0 Å². The van der Waals surface area contributed by atoms with E-state index in [-0.39, 0.29) is 32.9 Å². The van der Waals surface area contributed by atoms with Crippen molar-refractivity contribution in [1.29, 1.82) is 0 Å². The van der Waals surface area contributed by atoms with Crippen LogP contribution in [0.4, 0.5) is 20.2 Å². The summed E-state index contributed by atoms with van der Waals surface area (Å²) in [5, 5.41) is 4.91. The summed E-state index contributed by atoms with van der Waals surface area (Å²) in [6.45, 7) is 0. The van der Waals surface area contributed by atoms with Gasteiger partial charge in [-0.2, -0.15) is 0 Å². The molecule has 0 aromatic heterocycles. The Morgan fingerprint density at radius 2 is 1.24 bits per heavy atom. The molecule has 9 heteroatoms. The minimum atomic E-state index is -0.637. The Bertz CT molecular complexity index is 740. The van der Waals surface area contributed by atoms with Crippen molar-refractivity contribution in [2.45, 2.75) is 0 Å². The second kappa shape index (κ2) is 9.03. The highest BCUT2D eigenvalue weighted by Crippen LogP contribution is 2.20. The zero-order chi connectivity index (χ0) is 18.4. The molecule has 0 radical (unpaired) electrons. The molecule has 0 unspecified atom stereocenters. The lowest BCUT2D eigenvalue weighted by Gasteiger charge is -2.07. The Labute approximate surface area is 156 Å². The molecule has 0 aliphatic heterocycles. The normalized spacial score (nSPS) is 10.4. The molecular formula is C16H12Cl2F2N2O2S. The zero-order valence-electron chi connectivity index (χ0n) is 12.6. The Kier molecular flexibility index (Phi) is 7.04. The lowest BCUT2D eigenvalue weighted by atomic mass is 10.3. The number of halogens is 4. The van der Waals surface area contributed by atoms with Crippen molar-refractivity contribution in [3.05, 3.63) is 58.1 Å². The van der Waals surface area contributed by atoms with Gasteiger partial charge in [-0.05, 0) is 36.4 Å². The first kappa shape index (κ1) is 19.5. The Hall–Kier alpha value is -1.83. The van der Waals surface area contributed by atoms with Crippen LogP contribution in [-0.2, 0) is 9.59 Å². The van der Waals surface area contributed by atoms with E-state index >= 15 is 0 Å². The Balaban J connectivity index is 1.75. The maximum absolute atomic E-state index is 13.3. The molecule has 0 fully saturated rings. The number of hydrogen-bond acceptors (Lipinski definition) is 3. The van der Waals surface area contributed by atoms with Gasteiger partial charge >= 0.3 is 0 Å². The Morgan fingerprint density at radius 3 is 1.60 bits per heavy atom. The molecule has 4 nitrogen and oxygen atoms in total. The first-order valence-electron chi connectivity index (χ1n) is 6.92. The highest BCUT2D eigenvalue weighted by atomic mass is 35.5. The van der Waals surface area contributed by atoms with Crippen LogP contribution >= 0.6 is 35.0 Å². The molecule has 2 rings (SSSR count). The van der Waals surface area contributed by atoms with Crippen LogP contribution in [0.25, 0.3) is 0 Å². The van der Waals surface area contributed by atoms with Crippen molar-refractivity contribution >= 4 is 58.2 Å². The predicted molar refractivity (Wildman–Crippen MR) is 97.4 cm³/mol. The van der Waals surface area contributed by atoms with Gasteiger partial charge in [0, 0.05) is 11.4 Å². The number of nitrogens with one attached hydrogen (secondary N) is 2. The molecule has 25 heavy (non-hydrogen) atoms. The molecule has 0 bridgehead atoms. The molecule has 2 aromatic carbocycles. The third kappa shape index (κ3) is 6.19. The van der Waals surface area contributed by atoms with Crippen molar-refractivity contribution in [3.63, 3.8) is 0 Å². The monoisotopic (exact) mass is 404 g/mol. The Morgan fingerprint density at radius 1 is 0.840 bits per heavy atom. The van der Waals surface area contributed by atoms with Gasteiger partial charge in [0.05, 0.1) is 21.6 Å². The van der Waals surface area contributed by atoms with Gasteiger partial charge in [-0.15, -0.1) is 11.8 Å². The predicted octanol–water partition coefficient (Wildman–Crippen LogP) is 4.58. The first-order valence-corrected chi connectivity index (χ1v) is 8.84. The van der Waals surface area contributed by atoms with E-state index in [1.54, 1.807) is 0 Å². The van der Waals surface area contributed by atoms with E-state index in [0.717, 1.165) is 23.9 Å². The van der Waals surface area contributed by atoms with E-state index in [2.05, 4.69) is 10.6 Å². The van der Waals surface area contributed by atoms with Crippen LogP contribution in [0.3, 0.4) is 0 Å². The number of carbonyl (C=O) groups is 2. The van der Waals surface area contributed by atoms with Crippen LogP contribution in [0.15, 0.2) is 36.4 Å². The van der Waals surface area contributed by atoms with E-state index in [4.69, 9.17) is 23.2 Å². The van der Waals surface area contributed by atoms with Crippen LogP contribution in [0.5, 0.6) is 0 Å². The number of amides is 2. The second-order valence-electron chi connectivity index (χ2n) is 4.85. The minimum absolute atomic E-state index is 0.00730. The summed E-state index contributed by atoms with van der Waals surface area (Å²) in [7, 11) is 0. The first-order chi connectivity index (χ1) is 11.8. The average molecular weight is 405 g/mol. The summed E-state index contributed by atoms with van der Waals surface area (Å²) < 4.78 is 26.5. The third-order valence-electron chi connectivity index (χ3n) is 2.87. The molecule has 0 atom stereocenters. The summed E-state index contributed by atoms with van der Waals surface area (Å²) in [4.78, 5) is 23.5. The van der Waals surface area contributed by atoms with Crippen molar-refractivity contribution in [2.24, 2.45) is 0 Å². The van der Waals surface area contributed by atoms with Crippen LogP contribution in [0, 0.1) is 11.6 Å². The minimum Gasteiger partial charge on any atom is -0.325 e. The van der Waals surface area contributed by atoms with Crippen molar-refractivity contribution in [2.75, 3.05) is 22.1 Å². The fourth-order valence-electron chi connectivity index (χ4n) is 1.78. The van der Waals surface area contributed by atoms with E-state index in [9.17, 15) is 18.4 Å². The number of thioether (sulfide) groups is 1. The molecule has 0 heterocycles. The van der Waals surface area contributed by atoms with Gasteiger partial charge in [0.2, 0.25) is 11.8 Å². The lowest BCUT2D eigenvalue weighted by Crippen LogP contribution is -2.18. The fourth-order valence-corrected chi connectivity index (χ4v) is 2.63. The molecule has 2 amide bonds. The number of hydrogen-bond donors (Lipinski definition) is 2. The maximum Gasteiger partial charge on any atom is 0.234 e. The van der Waals surface area contributed by atoms with Gasteiger partial charge in [0.1, 0.15) is 11.6 Å². The van der Waals surface area contributed by atoms with E-state index < -0.39 is 23.4 Å². The summed E-state index contributed by atoms with van der Waals surface area (Å²) in [6, 6.07) is 7.81. The summed E-state index contributed by atoms with van der Waals surface area (Å²) in [5.74, 6) is -2.07. The second-order valence-corrected chi connectivity index (χ2v) is 6.65. The number of anilines is 2. The van der Waals surface area contributed by atoms with Gasteiger partial charge in [-0.25, -0.2) is 8.78 Å². The molecule has 2 N–H and O–H groups in total. The molecular weight excluding hydrogens is 393 g/mol. The van der Waals surface area contributed by atoms with Gasteiger partial charge in [0.15, 0.2) is 0 Å². The topological polar surface area (TPSA) is 58.2 Å². The number of carbonyl (C=O) groups excluding carboxylic acids is 2. The highest BCUT2D eigenvalue weighted by molar-refractivity contribution is 8.00. The standard InChI is InChI=1S/C16H12Cl2F2N2O2S/c17-11-3-1-9(5-13(11)19)21-15(23)7-25-8-16(24)22-10-2-4-12(18)14(20)6-10/h1-6H,7-8H2,(H,21,23)(H,22,24). The SMILES string of the molecule is O=C(CSCC(=O)Nc1ccc(Cl)c(F)c1)Nc1ccc(Cl)c(F)c1. The summed E-state index contributed by atoms with van der Waals surface area (Å²) in [5.41, 5.74) is 0.544. The van der Waals surface area contributed by atoms with Crippen LogP contribution in [0.1, 0.15) is 0 Å². The number of benzene rings is 2. The van der Waals surface area contributed by atoms with Crippen molar-refractivity contribution in [3.8, 4) is 0 Å². The third-order valence-corrected chi connectivity index (χ3v) is 4.42. The molecule has 2 aromatic rings. The fraction of sp³-hybridized carbons (Fsp3) is 0.125. The van der Waals surface area contributed by atoms with E-state index in [1.165, 1.54) is 24.3 Å². The van der Waals surface area contributed by atoms with E-state index in [1.807, 2.05) is 0 Å². The zero-order valence-corrected chi connectivity index (χ0v) is 14.9. The van der Waals surface area contributed by atoms with Gasteiger partial charge in [0.25, 0.3) is 0 Å². The smallest absolute Gasteiger partial charge is 0.234 e. The molecule has 0 aliphatic rings. The lowest BCUT2D eigenvalue weighted by molar-refractivity contribution is -0.114.